The van der Waals surface area contributed by atoms with E-state index in [4.69, 9.17) is 0 Å². The minimum atomic E-state index is 0.485. The number of hydrogen-bond acceptors (Lipinski definition) is 1. The molecule has 2 atom stereocenters. The van der Waals surface area contributed by atoms with E-state index in [-0.39, 0.29) is 0 Å². The molecule has 1 heteroatoms. The average molecular weight is 291 g/mol. The highest BCUT2D eigenvalue weighted by molar-refractivity contribution is 5.82. The van der Waals surface area contributed by atoms with Crippen LogP contribution in [0.15, 0.2) is 66.2 Å². The highest BCUT2D eigenvalue weighted by Gasteiger charge is 2.28. The normalized spacial score (nSPS) is 22.6. The lowest BCUT2D eigenvalue weighted by molar-refractivity contribution is 0.179. The Balaban J connectivity index is 2.16. The minimum absolute atomic E-state index is 0.485. The van der Waals surface area contributed by atoms with Crippen molar-refractivity contribution >= 4 is 5.57 Å². The molecule has 22 heavy (non-hydrogen) atoms. The molecule has 1 heterocycles. The Bertz CT molecular complexity index is 601. The second-order valence-electron chi connectivity index (χ2n) is 6.36. The van der Waals surface area contributed by atoms with Crippen LogP contribution in [-0.4, -0.2) is 24.0 Å². The summed E-state index contributed by atoms with van der Waals surface area (Å²) in [5.41, 5.74) is 5.66. The smallest absolute Gasteiger partial charge is 0.0288 e. The molecule has 114 valence electrons. The Morgan fingerprint density at radius 1 is 0.864 bits per heavy atom. The summed E-state index contributed by atoms with van der Waals surface area (Å²) in [5, 5.41) is 0. The predicted octanol–water partition coefficient (Wildman–Crippen LogP) is 4.99. The SMILES string of the molecule is CC1CCC(=C(c2ccccc2)c2ccccc2)C(C)N1C. The summed E-state index contributed by atoms with van der Waals surface area (Å²) in [6, 6.07) is 22.8. The Hall–Kier alpha value is -1.86. The van der Waals surface area contributed by atoms with E-state index in [2.05, 4.69) is 86.5 Å². The Morgan fingerprint density at radius 2 is 1.36 bits per heavy atom. The van der Waals surface area contributed by atoms with Crippen molar-refractivity contribution in [1.29, 1.82) is 0 Å². The van der Waals surface area contributed by atoms with Gasteiger partial charge in [-0.05, 0) is 56.0 Å². The molecule has 0 saturated carbocycles. The van der Waals surface area contributed by atoms with Gasteiger partial charge in [0.25, 0.3) is 0 Å². The van der Waals surface area contributed by atoms with E-state index in [1.54, 1.807) is 5.57 Å². The molecular weight excluding hydrogens is 266 g/mol. The Labute approximate surface area is 134 Å². The van der Waals surface area contributed by atoms with Crippen molar-refractivity contribution < 1.29 is 0 Å². The zero-order valence-electron chi connectivity index (χ0n) is 13.8. The predicted molar refractivity (Wildman–Crippen MR) is 94.8 cm³/mol. The standard InChI is InChI=1S/C21H25N/c1-16-14-15-20(17(2)22(16)3)21(18-10-6-4-7-11-18)19-12-8-5-9-13-19/h4-13,16-17H,14-15H2,1-3H3. The number of likely N-dealkylation sites (tertiary alicyclic amines) is 1. The largest absolute Gasteiger partial charge is 0.297 e. The van der Waals surface area contributed by atoms with Crippen molar-refractivity contribution in [3.8, 4) is 0 Å². The maximum Gasteiger partial charge on any atom is 0.0288 e. The van der Waals surface area contributed by atoms with Gasteiger partial charge in [0.2, 0.25) is 0 Å². The second-order valence-corrected chi connectivity index (χ2v) is 6.36. The highest BCUT2D eigenvalue weighted by Crippen LogP contribution is 2.35. The minimum Gasteiger partial charge on any atom is -0.297 e. The van der Waals surface area contributed by atoms with Crippen molar-refractivity contribution in [3.05, 3.63) is 77.4 Å². The van der Waals surface area contributed by atoms with Crippen LogP contribution < -0.4 is 0 Å². The topological polar surface area (TPSA) is 3.24 Å². The Morgan fingerprint density at radius 3 is 1.86 bits per heavy atom. The molecule has 2 aromatic rings. The third-order valence-electron chi connectivity index (χ3n) is 5.09. The van der Waals surface area contributed by atoms with Gasteiger partial charge in [-0.15, -0.1) is 0 Å². The molecular formula is C21H25N. The van der Waals surface area contributed by atoms with Crippen LogP contribution in [0.4, 0.5) is 0 Å². The fourth-order valence-electron chi connectivity index (χ4n) is 3.49. The van der Waals surface area contributed by atoms with Gasteiger partial charge in [-0.3, -0.25) is 4.90 Å². The molecule has 2 unspecified atom stereocenters. The molecule has 0 radical (unpaired) electrons. The van der Waals surface area contributed by atoms with Crippen LogP contribution in [0.25, 0.3) is 5.57 Å². The summed E-state index contributed by atoms with van der Waals surface area (Å²) in [7, 11) is 2.25. The molecule has 3 rings (SSSR count). The number of benzene rings is 2. The van der Waals surface area contributed by atoms with Crippen LogP contribution in [-0.2, 0) is 0 Å². The van der Waals surface area contributed by atoms with Gasteiger partial charge in [-0.1, -0.05) is 60.7 Å². The van der Waals surface area contributed by atoms with Crippen LogP contribution in [0.5, 0.6) is 0 Å². The molecule has 0 amide bonds. The lowest BCUT2D eigenvalue weighted by Gasteiger charge is -2.39. The fourth-order valence-corrected chi connectivity index (χ4v) is 3.49. The van der Waals surface area contributed by atoms with Gasteiger partial charge in [-0.2, -0.15) is 0 Å². The summed E-state index contributed by atoms with van der Waals surface area (Å²) in [4.78, 5) is 2.50. The lowest BCUT2D eigenvalue weighted by Crippen LogP contribution is -2.42. The molecule has 0 aromatic heterocycles. The molecule has 1 fully saturated rings. The molecule has 1 nitrogen and oxygen atoms in total. The first-order valence-electron chi connectivity index (χ1n) is 8.24. The first-order valence-corrected chi connectivity index (χ1v) is 8.24. The summed E-state index contributed by atoms with van der Waals surface area (Å²) >= 11 is 0. The quantitative estimate of drug-likeness (QED) is 0.753. The van der Waals surface area contributed by atoms with Crippen LogP contribution in [0.3, 0.4) is 0 Å². The first-order chi connectivity index (χ1) is 10.7. The van der Waals surface area contributed by atoms with E-state index in [9.17, 15) is 0 Å². The molecule has 0 bridgehead atoms. The van der Waals surface area contributed by atoms with E-state index in [0.29, 0.717) is 12.1 Å². The third-order valence-corrected chi connectivity index (χ3v) is 5.09. The maximum absolute atomic E-state index is 2.50. The van der Waals surface area contributed by atoms with E-state index < -0.39 is 0 Å². The molecule has 0 N–H and O–H groups in total. The fraction of sp³-hybridized carbons (Fsp3) is 0.333. The van der Waals surface area contributed by atoms with Gasteiger partial charge < -0.3 is 0 Å². The van der Waals surface area contributed by atoms with Crippen LogP contribution in [0, 0.1) is 0 Å². The summed E-state index contributed by atoms with van der Waals surface area (Å²) in [6.45, 7) is 4.68. The number of rotatable bonds is 2. The van der Waals surface area contributed by atoms with E-state index in [1.165, 1.54) is 29.5 Å². The summed E-state index contributed by atoms with van der Waals surface area (Å²) < 4.78 is 0. The molecule has 1 saturated heterocycles. The van der Waals surface area contributed by atoms with E-state index >= 15 is 0 Å². The van der Waals surface area contributed by atoms with Gasteiger partial charge in [0.1, 0.15) is 0 Å². The van der Waals surface area contributed by atoms with Crippen molar-refractivity contribution in [2.24, 2.45) is 0 Å². The van der Waals surface area contributed by atoms with Crippen molar-refractivity contribution in [1.82, 2.24) is 4.90 Å². The van der Waals surface area contributed by atoms with Crippen molar-refractivity contribution in [3.63, 3.8) is 0 Å². The third kappa shape index (κ3) is 2.86. The number of piperidine rings is 1. The summed E-state index contributed by atoms with van der Waals surface area (Å²) in [5.74, 6) is 0. The van der Waals surface area contributed by atoms with Crippen LogP contribution >= 0.6 is 0 Å². The van der Waals surface area contributed by atoms with E-state index in [1.807, 2.05) is 0 Å². The van der Waals surface area contributed by atoms with Gasteiger partial charge in [0.15, 0.2) is 0 Å². The zero-order chi connectivity index (χ0) is 15.5. The van der Waals surface area contributed by atoms with Crippen LogP contribution in [0.2, 0.25) is 0 Å². The second kappa shape index (κ2) is 6.50. The molecule has 1 aliphatic rings. The molecule has 0 aliphatic carbocycles. The van der Waals surface area contributed by atoms with Crippen LogP contribution in [0.1, 0.15) is 37.8 Å². The van der Waals surface area contributed by atoms with Gasteiger partial charge in [0, 0.05) is 12.1 Å². The van der Waals surface area contributed by atoms with Gasteiger partial charge >= 0.3 is 0 Å². The monoisotopic (exact) mass is 291 g/mol. The number of hydrogen-bond donors (Lipinski definition) is 0. The lowest BCUT2D eigenvalue weighted by atomic mass is 9.84. The van der Waals surface area contributed by atoms with Crippen molar-refractivity contribution in [2.45, 2.75) is 38.8 Å². The molecule has 1 aliphatic heterocycles. The van der Waals surface area contributed by atoms with Crippen molar-refractivity contribution in [2.75, 3.05) is 7.05 Å². The number of nitrogens with zero attached hydrogens (tertiary/aromatic N) is 1. The van der Waals surface area contributed by atoms with E-state index in [0.717, 1.165) is 0 Å². The van der Waals surface area contributed by atoms with Gasteiger partial charge in [0.05, 0.1) is 0 Å². The number of likely N-dealkylation sites (N-methyl/N-ethyl adjacent to an activating group) is 1. The molecule has 0 spiro atoms. The maximum atomic E-state index is 2.50. The average Bonchev–Trinajstić information content (AvgIpc) is 2.57. The Kier molecular flexibility index (Phi) is 4.44. The zero-order valence-corrected chi connectivity index (χ0v) is 13.8. The van der Waals surface area contributed by atoms with Gasteiger partial charge in [-0.25, -0.2) is 0 Å². The first kappa shape index (κ1) is 15.1. The summed E-state index contributed by atoms with van der Waals surface area (Å²) in [6.07, 6.45) is 2.42. The molecule has 2 aromatic carbocycles. The highest BCUT2D eigenvalue weighted by atomic mass is 15.2.